The lowest BCUT2D eigenvalue weighted by Crippen LogP contribution is -2.45. The van der Waals surface area contributed by atoms with Gasteiger partial charge in [0.25, 0.3) is 10.0 Å². The number of benzene rings is 2. The maximum absolute atomic E-state index is 13.9. The minimum Gasteiger partial charge on any atom is -0.497 e. The van der Waals surface area contributed by atoms with E-state index in [2.05, 4.69) is 18.7 Å². The number of hydrogen-bond acceptors (Lipinski definition) is 3. The van der Waals surface area contributed by atoms with Crippen LogP contribution in [0.5, 0.6) is 0 Å². The largest absolute Gasteiger partial charge is 0.497 e. The van der Waals surface area contributed by atoms with Gasteiger partial charge in [-0.2, -0.15) is 0 Å². The Labute approximate surface area is 178 Å². The highest BCUT2D eigenvalue weighted by molar-refractivity contribution is 7.92. The minimum atomic E-state index is -3.85. The Morgan fingerprint density at radius 1 is 0.967 bits per heavy atom. The summed E-state index contributed by atoms with van der Waals surface area (Å²) >= 11 is 0. The predicted octanol–water partition coefficient (Wildman–Crippen LogP) is 5.02. The van der Waals surface area contributed by atoms with E-state index < -0.39 is 16.1 Å². The molecular formula is C25H25NO3S. The molecule has 0 radical (unpaired) electrons. The Morgan fingerprint density at radius 2 is 1.60 bits per heavy atom. The Bertz CT molecular complexity index is 1120. The minimum absolute atomic E-state index is 0.0684. The van der Waals surface area contributed by atoms with Crippen molar-refractivity contribution in [1.29, 1.82) is 0 Å². The summed E-state index contributed by atoms with van der Waals surface area (Å²) < 4.78 is 34.9. The number of nitrogens with zero attached hydrogens (tertiary/aromatic N) is 1. The van der Waals surface area contributed by atoms with E-state index in [0.717, 1.165) is 5.56 Å². The molecule has 0 bridgehead atoms. The molecule has 0 heterocycles. The Kier molecular flexibility index (Phi) is 5.39. The van der Waals surface area contributed by atoms with Gasteiger partial charge in [-0.1, -0.05) is 66.8 Å². The fourth-order valence-corrected chi connectivity index (χ4v) is 5.80. The number of anilines is 1. The first kappa shape index (κ1) is 20.2. The van der Waals surface area contributed by atoms with E-state index in [-0.39, 0.29) is 16.7 Å². The molecule has 2 aliphatic rings. The van der Waals surface area contributed by atoms with Crippen LogP contribution >= 0.6 is 0 Å². The highest BCUT2D eigenvalue weighted by Crippen LogP contribution is 2.43. The Hall–Kier alpha value is -3.05. The van der Waals surface area contributed by atoms with Crippen LogP contribution in [0.4, 0.5) is 5.69 Å². The summed E-state index contributed by atoms with van der Waals surface area (Å²) in [5, 5.41) is 0. The van der Waals surface area contributed by atoms with E-state index >= 15 is 0 Å². The van der Waals surface area contributed by atoms with E-state index in [1.807, 2.05) is 67.6 Å². The fraction of sp³-hybridized carbons (Fsp3) is 0.200. The van der Waals surface area contributed by atoms with Gasteiger partial charge in [0.2, 0.25) is 0 Å². The van der Waals surface area contributed by atoms with Gasteiger partial charge in [-0.15, -0.1) is 0 Å². The molecule has 0 saturated heterocycles. The molecule has 2 aliphatic carbocycles. The van der Waals surface area contributed by atoms with E-state index in [1.165, 1.54) is 4.31 Å². The van der Waals surface area contributed by atoms with Crippen LogP contribution in [0.25, 0.3) is 0 Å². The molecule has 154 valence electrons. The van der Waals surface area contributed by atoms with E-state index in [4.69, 9.17) is 4.74 Å². The average Bonchev–Trinajstić information content (AvgIpc) is 3.38. The van der Waals surface area contributed by atoms with Crippen LogP contribution in [0.15, 0.2) is 108 Å². The van der Waals surface area contributed by atoms with Crippen molar-refractivity contribution in [2.24, 2.45) is 11.8 Å². The number of rotatable bonds is 6. The third kappa shape index (κ3) is 3.50. The van der Waals surface area contributed by atoms with Crippen LogP contribution in [-0.2, 0) is 14.8 Å². The van der Waals surface area contributed by atoms with Gasteiger partial charge in [-0.3, -0.25) is 4.31 Å². The molecule has 5 heteroatoms. The number of methoxy groups -OCH3 is 1. The van der Waals surface area contributed by atoms with Gasteiger partial charge >= 0.3 is 0 Å². The molecule has 0 aromatic heterocycles. The number of para-hydroxylation sites is 1. The molecule has 0 aliphatic heterocycles. The maximum atomic E-state index is 13.9. The summed E-state index contributed by atoms with van der Waals surface area (Å²) in [6.45, 7) is 6.17. The molecule has 2 aromatic rings. The molecule has 0 amide bonds. The molecule has 0 fully saturated rings. The van der Waals surface area contributed by atoms with E-state index in [0.29, 0.717) is 17.0 Å². The first-order valence-corrected chi connectivity index (χ1v) is 11.3. The SMILES string of the molecule is C=C1C(OC)=C[C@H](C2C=CC=C2)[C@H]1N(c1ccccc1)S(=O)(=O)c1ccc(C)cc1. The van der Waals surface area contributed by atoms with Crippen molar-refractivity contribution in [3.05, 3.63) is 108 Å². The molecule has 4 nitrogen and oxygen atoms in total. The maximum Gasteiger partial charge on any atom is 0.264 e. The van der Waals surface area contributed by atoms with Crippen molar-refractivity contribution in [2.45, 2.75) is 17.9 Å². The summed E-state index contributed by atoms with van der Waals surface area (Å²) in [6, 6.07) is 15.7. The molecule has 4 rings (SSSR count). The second-order valence-electron chi connectivity index (χ2n) is 7.58. The van der Waals surface area contributed by atoms with Crippen molar-refractivity contribution in [1.82, 2.24) is 0 Å². The summed E-state index contributed by atoms with van der Waals surface area (Å²) in [5.41, 5.74) is 2.27. The number of ether oxygens (including phenoxy) is 1. The predicted molar refractivity (Wildman–Crippen MR) is 121 cm³/mol. The van der Waals surface area contributed by atoms with Crippen LogP contribution in [0.2, 0.25) is 0 Å². The fourth-order valence-electron chi connectivity index (χ4n) is 4.12. The molecule has 30 heavy (non-hydrogen) atoms. The van der Waals surface area contributed by atoms with Gasteiger partial charge in [0, 0.05) is 17.4 Å². The van der Waals surface area contributed by atoms with Gasteiger partial charge in [-0.25, -0.2) is 8.42 Å². The Morgan fingerprint density at radius 3 is 2.20 bits per heavy atom. The third-order valence-electron chi connectivity index (χ3n) is 5.67. The quantitative estimate of drug-likeness (QED) is 0.661. The van der Waals surface area contributed by atoms with Crippen LogP contribution in [0, 0.1) is 18.8 Å². The molecule has 0 spiro atoms. The van der Waals surface area contributed by atoms with Gasteiger partial charge in [0.05, 0.1) is 23.7 Å². The normalized spacial score (nSPS) is 21.1. The topological polar surface area (TPSA) is 46.6 Å². The highest BCUT2D eigenvalue weighted by Gasteiger charge is 2.44. The second kappa shape index (κ2) is 8.00. The van der Waals surface area contributed by atoms with E-state index in [1.54, 1.807) is 19.2 Å². The summed E-state index contributed by atoms with van der Waals surface area (Å²) in [7, 11) is -2.25. The highest BCUT2D eigenvalue weighted by atomic mass is 32.2. The van der Waals surface area contributed by atoms with Gasteiger partial charge in [0.1, 0.15) is 5.76 Å². The number of aryl methyl sites for hydroxylation is 1. The molecule has 2 aromatic carbocycles. The first-order valence-electron chi connectivity index (χ1n) is 9.89. The monoisotopic (exact) mass is 419 g/mol. The number of hydrogen-bond donors (Lipinski definition) is 0. The molecule has 0 unspecified atom stereocenters. The zero-order chi connectivity index (χ0) is 21.3. The molecule has 0 saturated carbocycles. The van der Waals surface area contributed by atoms with Gasteiger partial charge in [0.15, 0.2) is 0 Å². The van der Waals surface area contributed by atoms with Crippen LogP contribution < -0.4 is 4.31 Å². The number of allylic oxidation sites excluding steroid dienone is 4. The Balaban J connectivity index is 1.87. The lowest BCUT2D eigenvalue weighted by Gasteiger charge is -2.36. The van der Waals surface area contributed by atoms with Crippen molar-refractivity contribution in [3.8, 4) is 0 Å². The van der Waals surface area contributed by atoms with Crippen molar-refractivity contribution in [2.75, 3.05) is 11.4 Å². The summed E-state index contributed by atoms with van der Waals surface area (Å²) in [5.74, 6) is 0.584. The van der Waals surface area contributed by atoms with Gasteiger partial charge in [-0.05, 0) is 37.3 Å². The lowest BCUT2D eigenvalue weighted by atomic mass is 9.88. The van der Waals surface area contributed by atoms with Crippen LogP contribution in [0.1, 0.15) is 5.56 Å². The van der Waals surface area contributed by atoms with E-state index in [9.17, 15) is 8.42 Å². The zero-order valence-corrected chi connectivity index (χ0v) is 17.9. The van der Waals surface area contributed by atoms with Crippen LogP contribution in [-0.4, -0.2) is 21.6 Å². The van der Waals surface area contributed by atoms with Crippen molar-refractivity contribution in [3.63, 3.8) is 0 Å². The number of sulfonamides is 1. The standard InChI is InChI=1S/C25H25NO3S/c1-18-13-15-22(16-14-18)30(27,28)26(21-11-5-4-6-12-21)25-19(2)24(29-3)17-23(25)20-9-7-8-10-20/h4-17,20,23,25H,2H2,1,3H3/t23-,25+/m1/s1. The second-order valence-corrected chi connectivity index (χ2v) is 9.39. The summed E-state index contributed by atoms with van der Waals surface area (Å²) in [6.07, 6.45) is 10.1. The van der Waals surface area contributed by atoms with Crippen molar-refractivity contribution >= 4 is 15.7 Å². The molecule has 0 N–H and O–H groups in total. The van der Waals surface area contributed by atoms with Crippen LogP contribution in [0.3, 0.4) is 0 Å². The third-order valence-corrected chi connectivity index (χ3v) is 7.49. The van der Waals surface area contributed by atoms with Crippen molar-refractivity contribution < 1.29 is 13.2 Å². The van der Waals surface area contributed by atoms with Gasteiger partial charge < -0.3 is 4.74 Å². The lowest BCUT2D eigenvalue weighted by molar-refractivity contribution is 0.302. The molecular weight excluding hydrogens is 394 g/mol. The average molecular weight is 420 g/mol. The first-order chi connectivity index (χ1) is 14.4. The molecule has 2 atom stereocenters. The summed E-state index contributed by atoms with van der Waals surface area (Å²) in [4.78, 5) is 0.256. The zero-order valence-electron chi connectivity index (χ0n) is 17.1. The smallest absolute Gasteiger partial charge is 0.264 e.